The van der Waals surface area contributed by atoms with Gasteiger partial charge >= 0.3 is 0 Å². The van der Waals surface area contributed by atoms with Crippen molar-refractivity contribution in [1.29, 1.82) is 5.41 Å². The van der Waals surface area contributed by atoms with Crippen molar-refractivity contribution in [1.82, 2.24) is 9.88 Å². The monoisotopic (exact) mass is 592 g/mol. The molecule has 0 unspecified atom stereocenters. The summed E-state index contributed by atoms with van der Waals surface area (Å²) in [7, 11) is 0. The smallest absolute Gasteiger partial charge is 0.251 e. The first kappa shape index (κ1) is 30.0. The molecule has 0 radical (unpaired) electrons. The Morgan fingerprint density at radius 3 is 2.48 bits per heavy atom. The molecule has 1 aromatic heterocycles. The largest absolute Gasteiger partial charge is 0.486 e. The van der Waals surface area contributed by atoms with E-state index in [1.807, 2.05) is 31.2 Å². The second-order valence-electron chi connectivity index (χ2n) is 9.75. The van der Waals surface area contributed by atoms with E-state index in [0.717, 1.165) is 11.3 Å². The highest BCUT2D eigenvalue weighted by molar-refractivity contribution is 6.35. The zero-order valence-electron chi connectivity index (χ0n) is 22.3. The van der Waals surface area contributed by atoms with Crippen molar-refractivity contribution in [3.05, 3.63) is 81.6 Å². The molecule has 0 aliphatic carbocycles. The number of halogens is 4. The minimum atomic E-state index is -2.28. The van der Waals surface area contributed by atoms with Gasteiger partial charge in [0.25, 0.3) is 6.43 Å². The molecule has 11 heteroatoms. The zero-order chi connectivity index (χ0) is 28.9. The number of para-hydroxylation sites is 1. The van der Waals surface area contributed by atoms with E-state index in [-0.39, 0.29) is 12.6 Å². The molecule has 1 saturated heterocycles. The van der Waals surface area contributed by atoms with Crippen LogP contribution in [0.1, 0.15) is 49.5 Å². The van der Waals surface area contributed by atoms with Gasteiger partial charge in [0.05, 0.1) is 23.2 Å². The van der Waals surface area contributed by atoms with Gasteiger partial charge in [0.15, 0.2) is 0 Å². The highest BCUT2D eigenvalue weighted by atomic mass is 35.5. The molecule has 40 heavy (non-hydrogen) atoms. The lowest BCUT2D eigenvalue weighted by Gasteiger charge is -2.43. The quantitative estimate of drug-likeness (QED) is 0.233. The molecule has 214 valence electrons. The number of ether oxygens (including phenoxy) is 3. The fourth-order valence-electron chi connectivity index (χ4n) is 4.69. The predicted molar refractivity (Wildman–Crippen MR) is 153 cm³/mol. The maximum absolute atomic E-state index is 12.3. The summed E-state index contributed by atoms with van der Waals surface area (Å²) in [4.78, 5) is 5.69. The van der Waals surface area contributed by atoms with Gasteiger partial charge in [-0.25, -0.2) is 8.78 Å². The number of likely N-dealkylation sites (tertiary alicyclic amines) is 1. The second kappa shape index (κ2) is 13.1. The van der Waals surface area contributed by atoms with Gasteiger partial charge in [0.1, 0.15) is 17.6 Å². The Hall–Kier alpha value is -2.98. The van der Waals surface area contributed by atoms with E-state index in [1.54, 1.807) is 30.0 Å². The number of anilines is 1. The van der Waals surface area contributed by atoms with Crippen molar-refractivity contribution < 1.29 is 23.0 Å². The van der Waals surface area contributed by atoms with E-state index in [2.05, 4.69) is 4.98 Å². The number of aromatic nitrogens is 1. The molecule has 2 aliphatic rings. The number of piperidine rings is 1. The molecule has 5 rings (SSSR count). The minimum absolute atomic E-state index is 0.160. The third-order valence-corrected chi connectivity index (χ3v) is 7.41. The van der Waals surface area contributed by atoms with Crippen molar-refractivity contribution in [2.24, 2.45) is 0 Å². The fourth-order valence-corrected chi connectivity index (χ4v) is 5.36. The average molecular weight is 594 g/mol. The van der Waals surface area contributed by atoms with Crippen LogP contribution in [0.3, 0.4) is 0 Å². The molecule has 2 aromatic carbocycles. The number of hydrogen-bond acceptors (Lipinski definition) is 7. The standard InChI is InChI=1S/C15H15Cl2N3O.C14H17F2NO2/c1-8(18)11-5-10(3-4-14(11)19)21-9(2)15-12(16)6-20-7-13(15)17;15-13(16)9-17-7-5-14(6-8-17)18-10-11-3-1-2-4-12(11)19-14/h3-7,9,18H,19H2,1-2H3;1-4,13H,5-10H2/t9-;/m1./s1. The van der Waals surface area contributed by atoms with Gasteiger partial charge in [-0.1, -0.05) is 41.4 Å². The maximum atomic E-state index is 12.3. The highest BCUT2D eigenvalue weighted by Crippen LogP contribution is 2.37. The molecule has 3 heterocycles. The summed E-state index contributed by atoms with van der Waals surface area (Å²) in [6.45, 7) is 5.08. The number of fused-ring (bicyclic) bond motifs is 1. The van der Waals surface area contributed by atoms with Gasteiger partial charge in [-0.3, -0.25) is 9.88 Å². The number of alkyl halides is 2. The predicted octanol–water partition coefficient (Wildman–Crippen LogP) is 7.15. The zero-order valence-corrected chi connectivity index (χ0v) is 23.8. The van der Waals surface area contributed by atoms with Crippen molar-refractivity contribution in [2.45, 2.75) is 51.6 Å². The van der Waals surface area contributed by atoms with Crippen molar-refractivity contribution in [3.8, 4) is 11.5 Å². The number of hydrogen-bond donors (Lipinski definition) is 2. The number of rotatable bonds is 6. The van der Waals surface area contributed by atoms with Crippen LogP contribution in [0.2, 0.25) is 10.0 Å². The Morgan fingerprint density at radius 1 is 1.15 bits per heavy atom. The van der Waals surface area contributed by atoms with Crippen LogP contribution in [-0.2, 0) is 11.3 Å². The van der Waals surface area contributed by atoms with Gasteiger partial charge < -0.3 is 25.4 Å². The lowest BCUT2D eigenvalue weighted by atomic mass is 10.0. The Bertz CT molecular complexity index is 1320. The summed E-state index contributed by atoms with van der Waals surface area (Å²) in [5.74, 6) is 0.839. The molecule has 3 N–H and O–H groups in total. The molecular weight excluding hydrogens is 561 g/mol. The second-order valence-corrected chi connectivity index (χ2v) is 10.6. The third-order valence-electron chi connectivity index (χ3n) is 6.81. The Kier molecular flexibility index (Phi) is 9.84. The molecule has 7 nitrogen and oxygen atoms in total. The summed E-state index contributed by atoms with van der Waals surface area (Å²) in [6, 6.07) is 13.0. The van der Waals surface area contributed by atoms with Crippen molar-refractivity contribution in [3.63, 3.8) is 0 Å². The number of nitrogen functional groups attached to an aromatic ring is 1. The van der Waals surface area contributed by atoms with Crippen molar-refractivity contribution in [2.75, 3.05) is 25.4 Å². The van der Waals surface area contributed by atoms with Crippen LogP contribution in [0.15, 0.2) is 54.9 Å². The van der Waals surface area contributed by atoms with E-state index in [1.165, 1.54) is 12.4 Å². The molecule has 2 aliphatic heterocycles. The first-order valence-corrected chi connectivity index (χ1v) is 13.6. The van der Waals surface area contributed by atoms with Gasteiger partial charge in [0, 0.05) is 66.4 Å². The number of pyridine rings is 1. The van der Waals surface area contributed by atoms with Crippen LogP contribution in [0.25, 0.3) is 0 Å². The highest BCUT2D eigenvalue weighted by Gasteiger charge is 2.41. The van der Waals surface area contributed by atoms with Crippen LogP contribution >= 0.6 is 23.2 Å². The van der Waals surface area contributed by atoms with Crippen LogP contribution < -0.4 is 15.2 Å². The van der Waals surface area contributed by atoms with Crippen LogP contribution in [0, 0.1) is 5.41 Å². The molecule has 1 fully saturated rings. The van der Waals surface area contributed by atoms with Gasteiger partial charge in [-0.15, -0.1) is 0 Å². The lowest BCUT2D eigenvalue weighted by molar-refractivity contribution is -0.229. The number of nitrogens with two attached hydrogens (primary N) is 1. The van der Waals surface area contributed by atoms with E-state index in [0.29, 0.717) is 70.9 Å². The average Bonchev–Trinajstić information content (AvgIpc) is 2.91. The van der Waals surface area contributed by atoms with E-state index in [9.17, 15) is 8.78 Å². The maximum Gasteiger partial charge on any atom is 0.251 e. The van der Waals surface area contributed by atoms with Crippen LogP contribution in [0.5, 0.6) is 11.5 Å². The van der Waals surface area contributed by atoms with E-state index >= 15 is 0 Å². The normalized spacial score (nSPS) is 16.9. The molecule has 1 atom stereocenters. The summed E-state index contributed by atoms with van der Waals surface area (Å²) < 4.78 is 42.4. The van der Waals surface area contributed by atoms with Gasteiger partial charge in [-0.2, -0.15) is 0 Å². The first-order valence-electron chi connectivity index (χ1n) is 12.9. The van der Waals surface area contributed by atoms with E-state index in [4.69, 9.17) is 48.6 Å². The fraction of sp³-hybridized carbons (Fsp3) is 0.379. The molecule has 0 saturated carbocycles. The van der Waals surface area contributed by atoms with Crippen LogP contribution in [-0.4, -0.2) is 47.4 Å². The molecule has 0 amide bonds. The Morgan fingerprint density at radius 2 is 1.82 bits per heavy atom. The first-order chi connectivity index (χ1) is 19.1. The number of nitrogens with one attached hydrogen (secondary N) is 1. The van der Waals surface area contributed by atoms with Crippen LogP contribution in [0.4, 0.5) is 14.5 Å². The lowest BCUT2D eigenvalue weighted by Crippen LogP contribution is -2.51. The Labute approximate surface area is 242 Å². The topological polar surface area (TPSA) is 93.7 Å². The molecule has 1 spiro atoms. The summed E-state index contributed by atoms with van der Waals surface area (Å²) in [6.07, 6.45) is 1.69. The molecule has 3 aromatic rings. The number of nitrogens with zero attached hydrogens (tertiary/aromatic N) is 2. The number of benzene rings is 2. The molecular formula is C29H32Cl2F2N4O3. The molecule has 0 bridgehead atoms. The van der Waals surface area contributed by atoms with E-state index < -0.39 is 12.2 Å². The third kappa shape index (κ3) is 7.40. The summed E-state index contributed by atoms with van der Waals surface area (Å²) in [5.41, 5.74) is 9.13. The minimum Gasteiger partial charge on any atom is -0.486 e. The van der Waals surface area contributed by atoms with Crippen molar-refractivity contribution >= 4 is 34.6 Å². The summed E-state index contributed by atoms with van der Waals surface area (Å²) >= 11 is 12.2. The van der Waals surface area contributed by atoms with Gasteiger partial charge in [-0.05, 0) is 38.1 Å². The SMILES string of the molecule is CC(=N)c1cc(O[C@H](C)c2c(Cl)cncc2Cl)ccc1N.FC(F)CN1CCC2(CC1)OCc1ccccc1O2. The van der Waals surface area contributed by atoms with Gasteiger partial charge in [0.2, 0.25) is 5.79 Å². The Balaban J connectivity index is 0.000000186. The summed E-state index contributed by atoms with van der Waals surface area (Å²) in [5, 5.41) is 8.61.